The first-order valence-corrected chi connectivity index (χ1v) is 6.40. The smallest absolute Gasteiger partial charge is 0.397 e. The Morgan fingerprint density at radius 1 is 1.29 bits per heavy atom. The quantitative estimate of drug-likeness (QED) is 0.850. The van der Waals surface area contributed by atoms with Gasteiger partial charge in [0.1, 0.15) is 11.9 Å². The van der Waals surface area contributed by atoms with Gasteiger partial charge in [0, 0.05) is 0 Å². The van der Waals surface area contributed by atoms with Crippen molar-refractivity contribution in [2.45, 2.75) is 6.18 Å². The molecule has 108 valence electrons. The number of nitrogens with zero attached hydrogens (tertiary/aromatic N) is 2. The first-order chi connectivity index (χ1) is 9.81. The number of rotatable bonds is 2. The number of anilines is 3. The van der Waals surface area contributed by atoms with Crippen molar-refractivity contribution in [1.82, 2.24) is 4.98 Å². The van der Waals surface area contributed by atoms with E-state index in [0.717, 1.165) is 12.1 Å². The van der Waals surface area contributed by atoms with Crippen LogP contribution in [0.3, 0.4) is 0 Å². The van der Waals surface area contributed by atoms with Crippen molar-refractivity contribution in [1.29, 1.82) is 5.26 Å². The van der Waals surface area contributed by atoms with E-state index < -0.39 is 11.7 Å². The number of hydrogen-bond donors (Lipinski definition) is 2. The molecule has 0 fully saturated rings. The van der Waals surface area contributed by atoms with Gasteiger partial charge in [0.2, 0.25) is 0 Å². The van der Waals surface area contributed by atoms with Gasteiger partial charge in [-0.3, -0.25) is 0 Å². The fourth-order valence-corrected chi connectivity index (χ4v) is 2.06. The molecule has 21 heavy (non-hydrogen) atoms. The summed E-state index contributed by atoms with van der Waals surface area (Å²) in [5.74, 6) is 0.348. The normalized spacial score (nSPS) is 11.0. The van der Waals surface area contributed by atoms with E-state index in [0.29, 0.717) is 16.0 Å². The fraction of sp³-hybridized carbons (Fsp3) is 0.0769. The van der Waals surface area contributed by atoms with E-state index in [4.69, 9.17) is 11.0 Å². The Labute approximate surface area is 126 Å². The van der Waals surface area contributed by atoms with Crippen LogP contribution in [0, 0.1) is 11.3 Å². The molecule has 0 saturated carbocycles. The SMILES string of the molecule is N#Cc1cc(C(F)(F)F)ccc1Nc1ncc(N)cc1Br. The van der Waals surface area contributed by atoms with Crippen LogP contribution in [-0.2, 0) is 6.18 Å². The monoisotopic (exact) mass is 356 g/mol. The number of aromatic nitrogens is 1. The third-order valence-electron chi connectivity index (χ3n) is 2.58. The molecule has 0 atom stereocenters. The summed E-state index contributed by atoms with van der Waals surface area (Å²) in [5, 5.41) is 11.8. The van der Waals surface area contributed by atoms with Crippen molar-refractivity contribution < 1.29 is 13.2 Å². The zero-order valence-electron chi connectivity index (χ0n) is 10.4. The van der Waals surface area contributed by atoms with Crippen molar-refractivity contribution in [3.05, 3.63) is 46.1 Å². The number of pyridine rings is 1. The zero-order chi connectivity index (χ0) is 15.6. The van der Waals surface area contributed by atoms with Gasteiger partial charge in [0.15, 0.2) is 0 Å². The zero-order valence-corrected chi connectivity index (χ0v) is 12.0. The Kier molecular flexibility index (Phi) is 4.04. The second-order valence-electron chi connectivity index (χ2n) is 4.09. The highest BCUT2D eigenvalue weighted by Gasteiger charge is 2.31. The van der Waals surface area contributed by atoms with Crippen molar-refractivity contribution >= 4 is 33.1 Å². The Balaban J connectivity index is 2.39. The van der Waals surface area contributed by atoms with Gasteiger partial charge in [0.05, 0.1) is 33.2 Å². The Bertz CT molecular complexity index is 722. The van der Waals surface area contributed by atoms with Crippen LogP contribution in [0.15, 0.2) is 34.9 Å². The molecule has 8 heteroatoms. The standard InChI is InChI=1S/C13H8BrF3N4/c14-10-4-9(19)6-20-12(10)21-11-2-1-8(13(15,16)17)3-7(11)5-18/h1-4,6H,19H2,(H,20,21). The van der Waals surface area contributed by atoms with Gasteiger partial charge in [0.25, 0.3) is 0 Å². The van der Waals surface area contributed by atoms with Crippen LogP contribution in [0.4, 0.5) is 30.4 Å². The number of halogens is 4. The van der Waals surface area contributed by atoms with Gasteiger partial charge in [-0.05, 0) is 40.2 Å². The maximum atomic E-state index is 12.6. The van der Waals surface area contributed by atoms with E-state index in [-0.39, 0.29) is 11.3 Å². The molecule has 0 saturated heterocycles. The molecule has 1 heterocycles. The highest BCUT2D eigenvalue weighted by atomic mass is 79.9. The predicted octanol–water partition coefficient (Wildman–Crippen LogP) is 4.06. The molecule has 0 amide bonds. The van der Waals surface area contributed by atoms with Crippen LogP contribution in [0.2, 0.25) is 0 Å². The molecule has 0 aliphatic rings. The van der Waals surface area contributed by atoms with E-state index in [2.05, 4.69) is 26.2 Å². The molecule has 0 bridgehead atoms. The highest BCUT2D eigenvalue weighted by Crippen LogP contribution is 2.33. The molecule has 2 aromatic rings. The number of nitrogens with two attached hydrogens (primary N) is 1. The average molecular weight is 357 g/mol. The minimum Gasteiger partial charge on any atom is -0.397 e. The molecule has 0 spiro atoms. The molecule has 0 radical (unpaired) electrons. The van der Waals surface area contributed by atoms with E-state index in [1.165, 1.54) is 12.3 Å². The van der Waals surface area contributed by atoms with E-state index in [1.54, 1.807) is 12.1 Å². The molecule has 1 aromatic carbocycles. The van der Waals surface area contributed by atoms with Crippen LogP contribution >= 0.6 is 15.9 Å². The number of nitriles is 1. The van der Waals surface area contributed by atoms with E-state index in [1.807, 2.05) is 0 Å². The molecule has 2 rings (SSSR count). The molecule has 0 aliphatic heterocycles. The number of hydrogen-bond acceptors (Lipinski definition) is 4. The van der Waals surface area contributed by atoms with Crippen LogP contribution < -0.4 is 11.1 Å². The average Bonchev–Trinajstić information content (AvgIpc) is 2.41. The summed E-state index contributed by atoms with van der Waals surface area (Å²) in [6.45, 7) is 0. The lowest BCUT2D eigenvalue weighted by Gasteiger charge is -2.12. The minimum atomic E-state index is -4.50. The lowest BCUT2D eigenvalue weighted by atomic mass is 10.1. The second kappa shape index (κ2) is 5.61. The van der Waals surface area contributed by atoms with Crippen LogP contribution in [0.5, 0.6) is 0 Å². The maximum Gasteiger partial charge on any atom is 0.416 e. The van der Waals surface area contributed by atoms with Crippen LogP contribution in [-0.4, -0.2) is 4.98 Å². The fourth-order valence-electron chi connectivity index (χ4n) is 1.59. The van der Waals surface area contributed by atoms with Crippen LogP contribution in [0.25, 0.3) is 0 Å². The van der Waals surface area contributed by atoms with E-state index >= 15 is 0 Å². The third-order valence-corrected chi connectivity index (χ3v) is 3.19. The first kappa shape index (κ1) is 15.1. The number of nitrogens with one attached hydrogen (secondary N) is 1. The van der Waals surface area contributed by atoms with Crippen molar-refractivity contribution in [3.63, 3.8) is 0 Å². The third kappa shape index (κ3) is 3.44. The van der Waals surface area contributed by atoms with E-state index in [9.17, 15) is 13.2 Å². The highest BCUT2D eigenvalue weighted by molar-refractivity contribution is 9.10. The Hall–Kier alpha value is -2.27. The lowest BCUT2D eigenvalue weighted by molar-refractivity contribution is -0.137. The van der Waals surface area contributed by atoms with Crippen molar-refractivity contribution in [3.8, 4) is 6.07 Å². The van der Waals surface area contributed by atoms with Gasteiger partial charge >= 0.3 is 6.18 Å². The summed E-state index contributed by atoms with van der Waals surface area (Å²) < 4.78 is 38.4. The van der Waals surface area contributed by atoms with Gasteiger partial charge in [-0.25, -0.2) is 4.98 Å². The van der Waals surface area contributed by atoms with Gasteiger partial charge in [-0.2, -0.15) is 18.4 Å². The lowest BCUT2D eigenvalue weighted by Crippen LogP contribution is -2.06. The summed E-state index contributed by atoms with van der Waals surface area (Å²) in [5.41, 5.74) is 5.19. The molecule has 4 nitrogen and oxygen atoms in total. The molecular formula is C13H8BrF3N4. The van der Waals surface area contributed by atoms with Gasteiger partial charge in [-0.1, -0.05) is 0 Å². The van der Waals surface area contributed by atoms with Gasteiger partial charge < -0.3 is 11.1 Å². The number of alkyl halides is 3. The summed E-state index contributed by atoms with van der Waals surface area (Å²) in [7, 11) is 0. The Morgan fingerprint density at radius 3 is 2.57 bits per heavy atom. The topological polar surface area (TPSA) is 74.7 Å². The summed E-state index contributed by atoms with van der Waals surface area (Å²) in [6.07, 6.45) is -3.10. The molecule has 1 aromatic heterocycles. The number of nitrogen functional groups attached to an aromatic ring is 1. The Morgan fingerprint density at radius 2 is 2.00 bits per heavy atom. The largest absolute Gasteiger partial charge is 0.416 e. The predicted molar refractivity (Wildman–Crippen MR) is 75.8 cm³/mol. The minimum absolute atomic E-state index is 0.129. The van der Waals surface area contributed by atoms with Crippen molar-refractivity contribution in [2.24, 2.45) is 0 Å². The van der Waals surface area contributed by atoms with Crippen LogP contribution in [0.1, 0.15) is 11.1 Å². The summed E-state index contributed by atoms with van der Waals surface area (Å²) >= 11 is 3.23. The van der Waals surface area contributed by atoms with Crippen molar-refractivity contribution in [2.75, 3.05) is 11.1 Å². The first-order valence-electron chi connectivity index (χ1n) is 5.60. The molecule has 0 aliphatic carbocycles. The van der Waals surface area contributed by atoms with Gasteiger partial charge in [-0.15, -0.1) is 0 Å². The molecule has 3 N–H and O–H groups in total. The second-order valence-corrected chi connectivity index (χ2v) is 4.95. The molecule has 0 unspecified atom stereocenters. The summed E-state index contributed by atoms with van der Waals surface area (Å²) in [4.78, 5) is 4.01. The number of benzene rings is 1. The summed E-state index contributed by atoms with van der Waals surface area (Å²) in [6, 6.07) is 6.19. The maximum absolute atomic E-state index is 12.6. The molecular weight excluding hydrogens is 349 g/mol.